The van der Waals surface area contributed by atoms with E-state index in [1.165, 1.54) is 5.56 Å². The molecule has 0 radical (unpaired) electrons. The Balaban J connectivity index is 0.000000648. The van der Waals surface area contributed by atoms with E-state index in [4.69, 9.17) is 5.73 Å². The number of benzene rings is 1. The van der Waals surface area contributed by atoms with E-state index in [9.17, 15) is 4.39 Å². The van der Waals surface area contributed by atoms with Crippen molar-refractivity contribution in [3.63, 3.8) is 0 Å². The number of nitrogens with two attached hydrogens (primary N) is 1. The molecule has 0 spiro atoms. The smallest absolute Gasteiger partial charge is 0.105 e. The number of alkyl halides is 1. The highest BCUT2D eigenvalue weighted by Crippen LogP contribution is 2.29. The summed E-state index contributed by atoms with van der Waals surface area (Å²) in [5.74, 6) is 0.662. The molecule has 0 saturated carbocycles. The van der Waals surface area contributed by atoms with Crippen molar-refractivity contribution in [3.05, 3.63) is 48.0 Å². The summed E-state index contributed by atoms with van der Waals surface area (Å²) in [7, 11) is 6.00. The molecule has 1 saturated heterocycles. The van der Waals surface area contributed by atoms with E-state index in [1.54, 1.807) is 0 Å². The van der Waals surface area contributed by atoms with E-state index in [2.05, 4.69) is 43.1 Å². The topological polar surface area (TPSA) is 41.3 Å². The fourth-order valence-corrected chi connectivity index (χ4v) is 3.07. The summed E-state index contributed by atoms with van der Waals surface area (Å²) >= 11 is 0. The van der Waals surface area contributed by atoms with E-state index in [0.29, 0.717) is 12.0 Å². The lowest BCUT2D eigenvalue weighted by Gasteiger charge is -2.21. The maximum atomic E-state index is 12.8. The van der Waals surface area contributed by atoms with Gasteiger partial charge in [0, 0.05) is 24.5 Å². The van der Waals surface area contributed by atoms with Crippen molar-refractivity contribution >= 4 is 0 Å². The van der Waals surface area contributed by atoms with Crippen molar-refractivity contribution < 1.29 is 4.39 Å². The van der Waals surface area contributed by atoms with Crippen LogP contribution in [0.25, 0.3) is 0 Å². The lowest BCUT2D eigenvalue weighted by molar-refractivity contribution is 0.380. The lowest BCUT2D eigenvalue weighted by Crippen LogP contribution is -2.30. The van der Waals surface area contributed by atoms with Gasteiger partial charge in [-0.1, -0.05) is 37.3 Å². The van der Waals surface area contributed by atoms with Gasteiger partial charge in [-0.2, -0.15) is 0 Å². The number of rotatable bonds is 6. The maximum Gasteiger partial charge on any atom is 0.105 e. The highest BCUT2D eigenvalue weighted by atomic mass is 19.1. The fraction of sp³-hybridized carbons (Fsp3) is 0.600. The molecule has 2 rings (SSSR count). The second kappa shape index (κ2) is 10.6. The van der Waals surface area contributed by atoms with Crippen LogP contribution in [0.1, 0.15) is 42.9 Å². The van der Waals surface area contributed by atoms with Crippen LogP contribution in [-0.2, 0) is 0 Å². The Hall–Kier alpha value is -1.23. The molecule has 1 aromatic carbocycles. The van der Waals surface area contributed by atoms with Crippen LogP contribution in [0.2, 0.25) is 0 Å². The zero-order valence-corrected chi connectivity index (χ0v) is 15.6. The van der Waals surface area contributed by atoms with Gasteiger partial charge in [-0.15, -0.1) is 6.58 Å². The first kappa shape index (κ1) is 20.8. The molecule has 3 nitrogen and oxygen atoms in total. The van der Waals surface area contributed by atoms with Gasteiger partial charge in [0.2, 0.25) is 0 Å². The molecule has 3 N–H and O–H groups in total. The normalized spacial score (nSPS) is 22.6. The zero-order valence-electron chi connectivity index (χ0n) is 15.6. The van der Waals surface area contributed by atoms with Crippen LogP contribution >= 0.6 is 0 Å². The van der Waals surface area contributed by atoms with E-state index in [0.717, 1.165) is 24.9 Å². The number of halogens is 1. The average Bonchev–Trinajstić information content (AvgIpc) is 3.04. The van der Waals surface area contributed by atoms with Crippen LogP contribution in [-0.4, -0.2) is 45.3 Å². The van der Waals surface area contributed by atoms with Crippen molar-refractivity contribution in [1.82, 2.24) is 10.2 Å². The fourth-order valence-electron chi connectivity index (χ4n) is 3.07. The monoisotopic (exact) mass is 335 g/mol. The molecule has 136 valence electrons. The van der Waals surface area contributed by atoms with E-state index >= 15 is 0 Å². The Morgan fingerprint density at radius 2 is 1.92 bits per heavy atom. The molecule has 0 aromatic heterocycles. The van der Waals surface area contributed by atoms with Crippen LogP contribution in [0.5, 0.6) is 0 Å². The van der Waals surface area contributed by atoms with Gasteiger partial charge in [-0.05, 0) is 51.0 Å². The Kier molecular flexibility index (Phi) is 9.19. The van der Waals surface area contributed by atoms with Crippen molar-refractivity contribution in [2.75, 3.05) is 34.4 Å². The minimum Gasteiger partial charge on any atom is -0.325 e. The minimum atomic E-state index is -0.467. The van der Waals surface area contributed by atoms with Gasteiger partial charge in [0.25, 0.3) is 0 Å². The highest BCUT2D eigenvalue weighted by Gasteiger charge is 2.23. The molecular weight excluding hydrogens is 301 g/mol. The molecule has 4 heteroatoms. The van der Waals surface area contributed by atoms with Gasteiger partial charge in [0.1, 0.15) is 6.67 Å². The van der Waals surface area contributed by atoms with Gasteiger partial charge in [-0.25, -0.2) is 4.39 Å². The summed E-state index contributed by atoms with van der Waals surface area (Å²) in [5.41, 5.74) is 8.29. The Bertz CT molecular complexity index is 470. The summed E-state index contributed by atoms with van der Waals surface area (Å²) in [6, 6.07) is 8.49. The second-order valence-electron chi connectivity index (χ2n) is 7.03. The summed E-state index contributed by atoms with van der Waals surface area (Å²) in [6.45, 7) is 6.45. The van der Waals surface area contributed by atoms with Gasteiger partial charge < -0.3 is 16.0 Å². The van der Waals surface area contributed by atoms with Crippen LogP contribution < -0.4 is 11.1 Å². The molecule has 0 bridgehead atoms. The van der Waals surface area contributed by atoms with Crippen LogP contribution in [0.3, 0.4) is 0 Å². The molecule has 24 heavy (non-hydrogen) atoms. The number of nitrogens with zero attached hydrogens (tertiary/aromatic N) is 1. The van der Waals surface area contributed by atoms with E-state index < -0.39 is 12.7 Å². The van der Waals surface area contributed by atoms with Crippen molar-refractivity contribution in [3.8, 4) is 0 Å². The third kappa shape index (κ3) is 6.34. The van der Waals surface area contributed by atoms with E-state index in [-0.39, 0.29) is 5.92 Å². The first-order valence-corrected chi connectivity index (χ1v) is 8.81. The Morgan fingerprint density at radius 3 is 2.33 bits per heavy atom. The van der Waals surface area contributed by atoms with Crippen LogP contribution in [0, 0.1) is 5.92 Å². The molecule has 4 unspecified atom stereocenters. The predicted molar refractivity (Wildman–Crippen MR) is 102 cm³/mol. The van der Waals surface area contributed by atoms with E-state index in [1.807, 2.05) is 32.1 Å². The number of nitrogens with one attached hydrogen (secondary N) is 1. The lowest BCUT2D eigenvalue weighted by atomic mass is 9.89. The average molecular weight is 336 g/mol. The molecular formula is C20H34FN3. The van der Waals surface area contributed by atoms with Gasteiger partial charge in [-0.3, -0.25) is 0 Å². The predicted octanol–water partition coefficient (Wildman–Crippen LogP) is 3.49. The molecule has 1 aliphatic rings. The Labute approximate surface area is 147 Å². The van der Waals surface area contributed by atoms with Crippen molar-refractivity contribution in [2.24, 2.45) is 11.7 Å². The van der Waals surface area contributed by atoms with Gasteiger partial charge >= 0.3 is 0 Å². The first-order chi connectivity index (χ1) is 11.4. The van der Waals surface area contributed by atoms with Gasteiger partial charge in [0.05, 0.1) is 0 Å². The molecule has 0 aliphatic carbocycles. The standard InChI is InChI=1S/C17H25FN2.C3H9N/c1-3-12-9-17(20-11-12)14-7-5-13(6-8-14)15(4-2)16(19)10-18;1-4(2)3/h3,5-8,12,15-17,20H,1,4,9-11,19H2,2H3;1-3H3. The van der Waals surface area contributed by atoms with Crippen LogP contribution in [0.15, 0.2) is 36.9 Å². The largest absolute Gasteiger partial charge is 0.325 e. The zero-order chi connectivity index (χ0) is 18.1. The third-order valence-corrected chi connectivity index (χ3v) is 4.40. The molecule has 1 fully saturated rings. The highest BCUT2D eigenvalue weighted by molar-refractivity contribution is 5.29. The van der Waals surface area contributed by atoms with Crippen LogP contribution in [0.4, 0.5) is 4.39 Å². The molecule has 4 atom stereocenters. The maximum absolute atomic E-state index is 12.8. The summed E-state index contributed by atoms with van der Waals surface area (Å²) in [4.78, 5) is 2.00. The minimum absolute atomic E-state index is 0.103. The van der Waals surface area contributed by atoms with Gasteiger partial charge in [0.15, 0.2) is 0 Å². The van der Waals surface area contributed by atoms with Crippen molar-refractivity contribution in [2.45, 2.75) is 37.8 Å². The number of hydrogen-bond acceptors (Lipinski definition) is 3. The quantitative estimate of drug-likeness (QED) is 0.782. The molecule has 0 amide bonds. The second-order valence-corrected chi connectivity index (χ2v) is 7.03. The number of hydrogen-bond donors (Lipinski definition) is 2. The Morgan fingerprint density at radius 1 is 1.33 bits per heavy atom. The summed E-state index contributed by atoms with van der Waals surface area (Å²) in [5, 5.41) is 3.51. The molecule has 1 heterocycles. The summed E-state index contributed by atoms with van der Waals surface area (Å²) < 4.78 is 12.8. The first-order valence-electron chi connectivity index (χ1n) is 8.81. The van der Waals surface area contributed by atoms with Crippen molar-refractivity contribution in [1.29, 1.82) is 0 Å². The SMILES string of the molecule is C=CC1CNC(c2ccc(C(CC)C(N)CF)cc2)C1.CN(C)C. The summed E-state index contributed by atoms with van der Waals surface area (Å²) in [6.07, 6.45) is 3.99. The third-order valence-electron chi connectivity index (χ3n) is 4.40. The molecule has 1 aliphatic heterocycles. The molecule has 1 aromatic rings.